The zero-order valence-electron chi connectivity index (χ0n) is 10.2. The monoisotopic (exact) mass is 220 g/mol. The molecule has 0 saturated carbocycles. The summed E-state index contributed by atoms with van der Waals surface area (Å²) in [6, 6.07) is 9.56. The quantitative estimate of drug-likeness (QED) is 0.798. The normalized spacial score (nSPS) is 12.5. The van der Waals surface area contributed by atoms with E-state index in [1.165, 1.54) is 0 Å². The van der Waals surface area contributed by atoms with Crippen LogP contribution >= 0.6 is 0 Å². The Kier molecular flexibility index (Phi) is 4.99. The summed E-state index contributed by atoms with van der Waals surface area (Å²) < 4.78 is 0. The molecule has 0 aromatic heterocycles. The molecule has 1 rings (SSSR count). The van der Waals surface area contributed by atoms with Gasteiger partial charge in [0.25, 0.3) is 0 Å². The van der Waals surface area contributed by atoms with Crippen molar-refractivity contribution < 1.29 is 4.79 Å². The molecular weight excluding hydrogens is 200 g/mol. The molecule has 88 valence electrons. The smallest absolute Gasteiger partial charge is 0.229 e. The minimum Gasteiger partial charge on any atom is -0.326 e. The zero-order valence-corrected chi connectivity index (χ0v) is 10.2. The molecule has 0 radical (unpaired) electrons. The molecule has 3 nitrogen and oxygen atoms in total. The van der Waals surface area contributed by atoms with Crippen molar-refractivity contribution in [1.82, 2.24) is 5.32 Å². The number of hydrogen-bond acceptors (Lipinski definition) is 2. The number of nitrogens with one attached hydrogen (secondary N) is 2. The molecule has 1 aromatic carbocycles. The van der Waals surface area contributed by atoms with Gasteiger partial charge in [0.05, 0.1) is 5.92 Å². The number of benzene rings is 1. The molecule has 16 heavy (non-hydrogen) atoms. The number of carbonyl (C=O) groups is 1. The van der Waals surface area contributed by atoms with Crippen LogP contribution in [-0.4, -0.2) is 19.5 Å². The van der Waals surface area contributed by atoms with Gasteiger partial charge in [-0.2, -0.15) is 0 Å². The molecule has 1 amide bonds. The van der Waals surface area contributed by atoms with Crippen LogP contribution in [0.4, 0.5) is 5.69 Å². The van der Waals surface area contributed by atoms with Crippen molar-refractivity contribution in [1.29, 1.82) is 0 Å². The van der Waals surface area contributed by atoms with Gasteiger partial charge in [-0.3, -0.25) is 4.79 Å². The summed E-state index contributed by atoms with van der Waals surface area (Å²) in [5.41, 5.74) is 0.856. The largest absolute Gasteiger partial charge is 0.326 e. The van der Waals surface area contributed by atoms with Gasteiger partial charge >= 0.3 is 0 Å². The number of amides is 1. The average Bonchev–Trinajstić information content (AvgIpc) is 2.26. The van der Waals surface area contributed by atoms with Gasteiger partial charge in [-0.05, 0) is 25.1 Å². The lowest BCUT2D eigenvalue weighted by atomic mass is 9.95. The maximum atomic E-state index is 12.0. The third kappa shape index (κ3) is 3.66. The average molecular weight is 220 g/mol. The van der Waals surface area contributed by atoms with E-state index in [9.17, 15) is 4.79 Å². The fraction of sp³-hybridized carbons (Fsp3) is 0.462. The van der Waals surface area contributed by atoms with Crippen LogP contribution in [0.3, 0.4) is 0 Å². The molecule has 0 aliphatic carbocycles. The first-order chi connectivity index (χ1) is 7.65. The first-order valence-electron chi connectivity index (χ1n) is 5.65. The Bertz CT molecular complexity index is 322. The first kappa shape index (κ1) is 12.7. The van der Waals surface area contributed by atoms with E-state index < -0.39 is 0 Å². The van der Waals surface area contributed by atoms with Gasteiger partial charge in [0, 0.05) is 12.2 Å². The number of hydrogen-bond donors (Lipinski definition) is 2. The van der Waals surface area contributed by atoms with E-state index in [0.717, 1.165) is 5.69 Å². The highest BCUT2D eigenvalue weighted by atomic mass is 16.1. The molecular formula is C13H20N2O. The third-order valence-corrected chi connectivity index (χ3v) is 2.61. The molecule has 1 unspecified atom stereocenters. The van der Waals surface area contributed by atoms with Crippen LogP contribution in [0.25, 0.3) is 0 Å². The van der Waals surface area contributed by atoms with Crippen LogP contribution in [-0.2, 0) is 4.79 Å². The molecule has 0 heterocycles. The predicted molar refractivity (Wildman–Crippen MR) is 67.3 cm³/mol. The van der Waals surface area contributed by atoms with E-state index in [2.05, 4.69) is 24.5 Å². The van der Waals surface area contributed by atoms with Crippen LogP contribution in [0.1, 0.15) is 13.8 Å². The Hall–Kier alpha value is -1.35. The lowest BCUT2D eigenvalue weighted by molar-refractivity contribution is -0.120. The molecule has 0 spiro atoms. The maximum absolute atomic E-state index is 12.0. The molecule has 0 fully saturated rings. The molecule has 0 bridgehead atoms. The summed E-state index contributed by atoms with van der Waals surface area (Å²) in [5.74, 6) is 0.414. The standard InChI is InChI=1S/C13H20N2O/c1-10(2)12(9-14-3)13(16)15-11-7-5-4-6-8-11/h4-8,10,12,14H,9H2,1-3H3,(H,15,16). The second-order valence-corrected chi connectivity index (χ2v) is 4.26. The maximum Gasteiger partial charge on any atom is 0.229 e. The van der Waals surface area contributed by atoms with Gasteiger partial charge in [-0.25, -0.2) is 0 Å². The summed E-state index contributed by atoms with van der Waals surface area (Å²) in [6.07, 6.45) is 0. The summed E-state index contributed by atoms with van der Waals surface area (Å²) in [7, 11) is 1.87. The molecule has 1 atom stereocenters. The topological polar surface area (TPSA) is 41.1 Å². The molecule has 1 aromatic rings. The Balaban J connectivity index is 2.62. The van der Waals surface area contributed by atoms with E-state index in [-0.39, 0.29) is 11.8 Å². The van der Waals surface area contributed by atoms with Crippen LogP contribution in [0, 0.1) is 11.8 Å². The second-order valence-electron chi connectivity index (χ2n) is 4.26. The minimum atomic E-state index is 0.00482. The van der Waals surface area contributed by atoms with E-state index in [1.54, 1.807) is 0 Å². The molecule has 3 heteroatoms. The van der Waals surface area contributed by atoms with Crippen LogP contribution < -0.4 is 10.6 Å². The Morgan fingerprint density at radius 3 is 2.38 bits per heavy atom. The van der Waals surface area contributed by atoms with Crippen molar-refractivity contribution in [2.45, 2.75) is 13.8 Å². The highest BCUT2D eigenvalue weighted by Crippen LogP contribution is 2.13. The molecule has 2 N–H and O–H groups in total. The Morgan fingerprint density at radius 2 is 1.88 bits per heavy atom. The van der Waals surface area contributed by atoms with E-state index >= 15 is 0 Å². The highest BCUT2D eigenvalue weighted by Gasteiger charge is 2.21. The fourth-order valence-electron chi connectivity index (χ4n) is 1.61. The third-order valence-electron chi connectivity index (χ3n) is 2.61. The number of para-hydroxylation sites is 1. The van der Waals surface area contributed by atoms with Crippen LogP contribution in [0.5, 0.6) is 0 Å². The lowest BCUT2D eigenvalue weighted by Gasteiger charge is -2.19. The van der Waals surface area contributed by atoms with Crippen LogP contribution in [0.15, 0.2) is 30.3 Å². The van der Waals surface area contributed by atoms with Crippen molar-refractivity contribution >= 4 is 11.6 Å². The summed E-state index contributed by atoms with van der Waals surface area (Å²) in [6.45, 7) is 4.83. The van der Waals surface area contributed by atoms with E-state index in [4.69, 9.17) is 0 Å². The van der Waals surface area contributed by atoms with E-state index in [0.29, 0.717) is 12.5 Å². The molecule has 0 aliphatic heterocycles. The molecule has 0 saturated heterocycles. The van der Waals surface area contributed by atoms with Crippen molar-refractivity contribution in [3.05, 3.63) is 30.3 Å². The number of carbonyl (C=O) groups excluding carboxylic acids is 1. The van der Waals surface area contributed by atoms with Crippen molar-refractivity contribution in [2.24, 2.45) is 11.8 Å². The van der Waals surface area contributed by atoms with Crippen molar-refractivity contribution in [2.75, 3.05) is 18.9 Å². The van der Waals surface area contributed by atoms with Crippen LogP contribution in [0.2, 0.25) is 0 Å². The predicted octanol–water partition coefficient (Wildman–Crippen LogP) is 2.12. The van der Waals surface area contributed by atoms with Gasteiger partial charge in [-0.15, -0.1) is 0 Å². The van der Waals surface area contributed by atoms with Crippen molar-refractivity contribution in [3.63, 3.8) is 0 Å². The zero-order chi connectivity index (χ0) is 12.0. The van der Waals surface area contributed by atoms with Gasteiger partial charge in [0.2, 0.25) is 5.91 Å². The van der Waals surface area contributed by atoms with Gasteiger partial charge in [0.15, 0.2) is 0 Å². The minimum absolute atomic E-state index is 0.00482. The lowest BCUT2D eigenvalue weighted by Crippen LogP contribution is -2.34. The highest BCUT2D eigenvalue weighted by molar-refractivity contribution is 5.92. The SMILES string of the molecule is CNCC(C(=O)Nc1ccccc1)C(C)C. The van der Waals surface area contributed by atoms with E-state index in [1.807, 2.05) is 37.4 Å². The van der Waals surface area contributed by atoms with Crippen molar-refractivity contribution in [3.8, 4) is 0 Å². The second kappa shape index (κ2) is 6.28. The van der Waals surface area contributed by atoms with Gasteiger partial charge < -0.3 is 10.6 Å². The first-order valence-corrected chi connectivity index (χ1v) is 5.65. The van der Waals surface area contributed by atoms with Gasteiger partial charge in [-0.1, -0.05) is 32.0 Å². The van der Waals surface area contributed by atoms with Gasteiger partial charge in [0.1, 0.15) is 0 Å². The summed E-state index contributed by atoms with van der Waals surface area (Å²) in [4.78, 5) is 12.0. The number of anilines is 1. The molecule has 0 aliphatic rings. The fourth-order valence-corrected chi connectivity index (χ4v) is 1.61. The summed E-state index contributed by atoms with van der Waals surface area (Å²) in [5, 5.41) is 5.98. The Morgan fingerprint density at radius 1 is 1.25 bits per heavy atom. The number of rotatable bonds is 5. The summed E-state index contributed by atoms with van der Waals surface area (Å²) >= 11 is 0. The Labute approximate surface area is 97.2 Å².